The monoisotopic (exact) mass is 284 g/mol. The van der Waals surface area contributed by atoms with Gasteiger partial charge in [-0.1, -0.05) is 38.1 Å². The van der Waals surface area contributed by atoms with E-state index in [2.05, 4.69) is 12.2 Å². The predicted octanol–water partition coefficient (Wildman–Crippen LogP) is 1.97. The fraction of sp³-hybridized carbons (Fsp3) is 0.571. The van der Waals surface area contributed by atoms with Crippen LogP contribution < -0.4 is 5.32 Å². The van der Waals surface area contributed by atoms with Gasteiger partial charge in [-0.25, -0.2) is 12.7 Å². The summed E-state index contributed by atoms with van der Waals surface area (Å²) in [6.07, 6.45) is 1.11. The van der Waals surface area contributed by atoms with Crippen LogP contribution >= 0.6 is 0 Å². The van der Waals surface area contributed by atoms with Gasteiger partial charge in [-0.2, -0.15) is 0 Å². The van der Waals surface area contributed by atoms with Gasteiger partial charge in [0.15, 0.2) is 0 Å². The van der Waals surface area contributed by atoms with Crippen molar-refractivity contribution in [1.29, 1.82) is 0 Å². The van der Waals surface area contributed by atoms with Crippen LogP contribution in [0.3, 0.4) is 0 Å². The van der Waals surface area contributed by atoms with Crippen molar-refractivity contribution in [1.82, 2.24) is 9.62 Å². The molecule has 1 aromatic carbocycles. The summed E-state index contributed by atoms with van der Waals surface area (Å²) in [5.74, 6) is 0.0695. The minimum absolute atomic E-state index is 0.0695. The van der Waals surface area contributed by atoms with Crippen molar-refractivity contribution in [3.63, 3.8) is 0 Å². The molecule has 0 unspecified atom stereocenters. The Bertz CT molecular complexity index is 469. The molecule has 4 nitrogen and oxygen atoms in total. The normalized spacial score (nSPS) is 12.0. The summed E-state index contributed by atoms with van der Waals surface area (Å²) in [5.41, 5.74) is 2.01. The third-order valence-electron chi connectivity index (χ3n) is 3.05. The first kappa shape index (κ1) is 16.1. The number of hydrogen-bond donors (Lipinski definition) is 1. The number of hydrogen-bond acceptors (Lipinski definition) is 3. The topological polar surface area (TPSA) is 49.4 Å². The van der Waals surface area contributed by atoms with E-state index in [9.17, 15) is 8.42 Å². The van der Waals surface area contributed by atoms with Crippen molar-refractivity contribution in [2.45, 2.75) is 32.6 Å². The zero-order valence-electron chi connectivity index (χ0n) is 12.0. The molecule has 0 spiro atoms. The Morgan fingerprint density at radius 3 is 2.21 bits per heavy atom. The van der Waals surface area contributed by atoms with Crippen LogP contribution in [0, 0.1) is 0 Å². The number of rotatable bonds is 8. The molecule has 0 radical (unpaired) electrons. The van der Waals surface area contributed by atoms with Crippen LogP contribution in [0.4, 0.5) is 0 Å². The van der Waals surface area contributed by atoms with Gasteiger partial charge in [0.25, 0.3) is 0 Å². The van der Waals surface area contributed by atoms with Crippen molar-refractivity contribution in [3.8, 4) is 0 Å². The Hall–Kier alpha value is -0.910. The van der Waals surface area contributed by atoms with Gasteiger partial charge < -0.3 is 5.32 Å². The van der Waals surface area contributed by atoms with E-state index in [1.54, 1.807) is 7.05 Å². The number of nitrogens with zero attached hydrogens (tertiary/aromatic N) is 1. The molecule has 0 aliphatic heterocycles. The van der Waals surface area contributed by atoms with Crippen molar-refractivity contribution in [2.75, 3.05) is 20.1 Å². The lowest BCUT2D eigenvalue weighted by atomic mass is 10.1. The maximum absolute atomic E-state index is 11.9. The van der Waals surface area contributed by atoms with Crippen molar-refractivity contribution in [3.05, 3.63) is 35.4 Å². The molecule has 0 fully saturated rings. The second kappa shape index (κ2) is 7.62. The quantitative estimate of drug-likeness (QED) is 0.743. The molecular formula is C14H24N2O2S. The van der Waals surface area contributed by atoms with Crippen molar-refractivity contribution >= 4 is 10.0 Å². The highest BCUT2D eigenvalue weighted by Crippen LogP contribution is 2.11. The number of benzene rings is 1. The predicted molar refractivity (Wildman–Crippen MR) is 79.4 cm³/mol. The van der Waals surface area contributed by atoms with Crippen LogP contribution in [-0.2, 0) is 22.3 Å². The summed E-state index contributed by atoms with van der Waals surface area (Å²) in [5, 5.41) is 3.32. The molecule has 0 aromatic heterocycles. The van der Waals surface area contributed by atoms with Gasteiger partial charge in [-0.3, -0.25) is 0 Å². The van der Waals surface area contributed by atoms with Crippen LogP contribution in [-0.4, -0.2) is 32.9 Å². The number of sulfonamides is 1. The molecule has 1 rings (SSSR count). The molecule has 0 amide bonds. The average Bonchev–Trinajstić information content (AvgIpc) is 2.39. The Morgan fingerprint density at radius 1 is 1.11 bits per heavy atom. The number of nitrogens with one attached hydrogen (secondary N) is 1. The van der Waals surface area contributed by atoms with E-state index in [1.165, 1.54) is 9.87 Å². The zero-order chi connectivity index (χ0) is 14.3. The Balaban J connectivity index is 2.62. The van der Waals surface area contributed by atoms with Gasteiger partial charge in [0.2, 0.25) is 10.0 Å². The van der Waals surface area contributed by atoms with E-state index in [0.717, 1.165) is 25.1 Å². The van der Waals surface area contributed by atoms with Gasteiger partial charge in [0.1, 0.15) is 0 Å². The molecule has 108 valence electrons. The van der Waals surface area contributed by atoms with E-state index >= 15 is 0 Å². The highest BCUT2D eigenvalue weighted by atomic mass is 32.2. The third kappa shape index (κ3) is 5.30. The lowest BCUT2D eigenvalue weighted by molar-refractivity contribution is 0.485. The summed E-state index contributed by atoms with van der Waals surface area (Å²) in [7, 11) is -1.57. The summed E-state index contributed by atoms with van der Waals surface area (Å²) in [4.78, 5) is 0. The molecule has 19 heavy (non-hydrogen) atoms. The van der Waals surface area contributed by atoms with Crippen molar-refractivity contribution in [2.24, 2.45) is 0 Å². The van der Waals surface area contributed by atoms with E-state index in [1.807, 2.05) is 31.2 Å². The highest BCUT2D eigenvalue weighted by molar-refractivity contribution is 7.88. The molecule has 0 aliphatic rings. The Labute approximate surface area is 116 Å². The molecule has 0 heterocycles. The van der Waals surface area contributed by atoms with Crippen LogP contribution in [0.2, 0.25) is 0 Å². The Kier molecular flexibility index (Phi) is 6.48. The van der Waals surface area contributed by atoms with E-state index < -0.39 is 10.0 Å². The van der Waals surface area contributed by atoms with Gasteiger partial charge >= 0.3 is 0 Å². The zero-order valence-corrected chi connectivity index (χ0v) is 12.8. The molecule has 5 heteroatoms. The third-order valence-corrected chi connectivity index (χ3v) is 4.95. The smallest absolute Gasteiger partial charge is 0.218 e. The van der Waals surface area contributed by atoms with Crippen LogP contribution in [0.1, 0.15) is 31.4 Å². The molecule has 1 N–H and O–H groups in total. The Morgan fingerprint density at radius 2 is 1.68 bits per heavy atom. The van der Waals surface area contributed by atoms with Gasteiger partial charge in [-0.15, -0.1) is 0 Å². The average molecular weight is 284 g/mol. The first-order valence-electron chi connectivity index (χ1n) is 6.72. The van der Waals surface area contributed by atoms with Gasteiger partial charge in [-0.05, 0) is 24.1 Å². The van der Waals surface area contributed by atoms with E-state index in [0.29, 0.717) is 6.54 Å². The fourth-order valence-electron chi connectivity index (χ4n) is 1.68. The molecule has 1 aromatic rings. The standard InChI is InChI=1S/C14H24N2O2S/c1-4-10-15-11-13-6-8-14(9-7-13)12-19(17,18)16(3)5-2/h6-9,15H,4-5,10-12H2,1-3H3. The van der Waals surface area contributed by atoms with Crippen LogP contribution in [0.25, 0.3) is 0 Å². The first-order chi connectivity index (χ1) is 8.99. The lowest BCUT2D eigenvalue weighted by Gasteiger charge is -2.14. The van der Waals surface area contributed by atoms with Crippen LogP contribution in [0.5, 0.6) is 0 Å². The summed E-state index contributed by atoms with van der Waals surface area (Å²) < 4.78 is 25.3. The minimum atomic E-state index is -3.18. The maximum Gasteiger partial charge on any atom is 0.218 e. The molecule has 0 atom stereocenters. The molecule has 0 saturated heterocycles. The molecule has 0 saturated carbocycles. The summed E-state index contributed by atoms with van der Waals surface area (Å²) in [6, 6.07) is 7.76. The van der Waals surface area contributed by atoms with Gasteiger partial charge in [0, 0.05) is 20.1 Å². The summed E-state index contributed by atoms with van der Waals surface area (Å²) in [6.45, 7) is 6.29. The fourth-order valence-corrected chi connectivity index (χ4v) is 2.91. The maximum atomic E-state index is 11.9. The second-order valence-corrected chi connectivity index (χ2v) is 6.74. The minimum Gasteiger partial charge on any atom is -0.313 e. The van der Waals surface area contributed by atoms with E-state index in [-0.39, 0.29) is 5.75 Å². The van der Waals surface area contributed by atoms with Crippen LogP contribution in [0.15, 0.2) is 24.3 Å². The SMILES string of the molecule is CCCNCc1ccc(CS(=O)(=O)N(C)CC)cc1. The highest BCUT2D eigenvalue weighted by Gasteiger charge is 2.16. The lowest BCUT2D eigenvalue weighted by Crippen LogP contribution is -2.27. The van der Waals surface area contributed by atoms with Gasteiger partial charge in [0.05, 0.1) is 5.75 Å². The second-order valence-electron chi connectivity index (χ2n) is 4.66. The van der Waals surface area contributed by atoms with Crippen molar-refractivity contribution < 1.29 is 8.42 Å². The molecule has 0 bridgehead atoms. The molecular weight excluding hydrogens is 260 g/mol. The summed E-state index contributed by atoms with van der Waals surface area (Å²) >= 11 is 0. The first-order valence-corrected chi connectivity index (χ1v) is 8.33. The largest absolute Gasteiger partial charge is 0.313 e. The molecule has 0 aliphatic carbocycles. The van der Waals surface area contributed by atoms with E-state index in [4.69, 9.17) is 0 Å².